The number of benzene rings is 1. The number of aryl methyl sites for hydroxylation is 2. The van der Waals surface area contributed by atoms with Crippen LogP contribution in [0.25, 0.3) is 17.0 Å². The zero-order valence-corrected chi connectivity index (χ0v) is 9.88. The predicted molar refractivity (Wildman–Crippen MR) is 67.9 cm³/mol. The molecule has 0 fully saturated rings. The average molecular weight is 223 g/mol. The molecule has 3 rings (SSSR count). The van der Waals surface area contributed by atoms with E-state index in [9.17, 15) is 0 Å². The topological polar surface area (TPSA) is 30.2 Å². The first kappa shape index (κ1) is 10.0. The first-order valence-corrected chi connectivity index (χ1v) is 5.63. The first-order chi connectivity index (χ1) is 8.24. The molecule has 3 nitrogen and oxygen atoms in total. The Bertz CT molecular complexity index is 669. The van der Waals surface area contributed by atoms with Crippen molar-refractivity contribution in [3.8, 4) is 11.3 Å². The molecule has 0 aliphatic rings. The molecule has 3 heteroatoms. The van der Waals surface area contributed by atoms with Gasteiger partial charge in [0, 0.05) is 23.1 Å². The number of nitrogens with zero attached hydrogens (tertiary/aromatic N) is 3. The fraction of sp³-hybridized carbons (Fsp3) is 0.143. The fourth-order valence-corrected chi connectivity index (χ4v) is 2.02. The van der Waals surface area contributed by atoms with Gasteiger partial charge in [-0.15, -0.1) is 0 Å². The van der Waals surface area contributed by atoms with E-state index < -0.39 is 0 Å². The summed E-state index contributed by atoms with van der Waals surface area (Å²) < 4.78 is 2.02. The number of rotatable bonds is 1. The lowest BCUT2D eigenvalue weighted by Gasteiger charge is -1.98. The van der Waals surface area contributed by atoms with Crippen LogP contribution in [0.1, 0.15) is 11.4 Å². The van der Waals surface area contributed by atoms with Gasteiger partial charge in [0.05, 0.1) is 5.69 Å². The number of aromatic nitrogens is 3. The third-order valence-corrected chi connectivity index (χ3v) is 2.83. The zero-order valence-electron chi connectivity index (χ0n) is 9.88. The minimum Gasteiger partial charge on any atom is -0.288 e. The largest absolute Gasteiger partial charge is 0.288 e. The van der Waals surface area contributed by atoms with Crippen LogP contribution >= 0.6 is 0 Å². The molecule has 0 aliphatic carbocycles. The van der Waals surface area contributed by atoms with Crippen LogP contribution < -0.4 is 0 Å². The Kier molecular flexibility index (Phi) is 2.18. The lowest BCUT2D eigenvalue weighted by atomic mass is 10.2. The highest BCUT2D eigenvalue weighted by molar-refractivity contribution is 5.61. The molecule has 2 heterocycles. The van der Waals surface area contributed by atoms with E-state index in [1.54, 1.807) is 0 Å². The van der Waals surface area contributed by atoms with Crippen molar-refractivity contribution in [1.82, 2.24) is 14.4 Å². The highest BCUT2D eigenvalue weighted by Gasteiger charge is 2.06. The molecule has 0 N–H and O–H groups in total. The second kappa shape index (κ2) is 3.70. The maximum absolute atomic E-state index is 4.56. The molecule has 0 spiro atoms. The molecule has 0 saturated carbocycles. The molecule has 0 amide bonds. The maximum Gasteiger partial charge on any atom is 0.234 e. The van der Waals surface area contributed by atoms with Crippen LogP contribution in [0.2, 0.25) is 0 Å². The molecule has 3 aromatic rings. The van der Waals surface area contributed by atoms with Gasteiger partial charge in [0.15, 0.2) is 0 Å². The summed E-state index contributed by atoms with van der Waals surface area (Å²) in [5.74, 6) is 0.765. The molecular formula is C14H13N3. The number of hydrogen-bond donors (Lipinski definition) is 0. The van der Waals surface area contributed by atoms with Gasteiger partial charge in [-0.25, -0.2) is 9.97 Å². The second-order valence-corrected chi connectivity index (χ2v) is 4.20. The van der Waals surface area contributed by atoms with E-state index in [1.807, 2.05) is 35.7 Å². The van der Waals surface area contributed by atoms with E-state index in [4.69, 9.17) is 0 Å². The van der Waals surface area contributed by atoms with Gasteiger partial charge in [-0.3, -0.25) is 4.40 Å². The van der Waals surface area contributed by atoms with Crippen LogP contribution in [0.5, 0.6) is 0 Å². The molecule has 2 aromatic heterocycles. The van der Waals surface area contributed by atoms with Crippen LogP contribution in [0.3, 0.4) is 0 Å². The van der Waals surface area contributed by atoms with Gasteiger partial charge >= 0.3 is 0 Å². The molecule has 0 unspecified atom stereocenters. The van der Waals surface area contributed by atoms with Crippen molar-refractivity contribution in [3.63, 3.8) is 0 Å². The Morgan fingerprint density at radius 3 is 2.53 bits per heavy atom. The molecule has 0 atom stereocenters. The minimum absolute atomic E-state index is 0.765. The van der Waals surface area contributed by atoms with Crippen LogP contribution in [0.4, 0.5) is 0 Å². The third-order valence-electron chi connectivity index (χ3n) is 2.83. The second-order valence-electron chi connectivity index (χ2n) is 4.20. The highest BCUT2D eigenvalue weighted by atomic mass is 15.1. The molecule has 17 heavy (non-hydrogen) atoms. The van der Waals surface area contributed by atoms with Crippen LogP contribution in [0, 0.1) is 13.8 Å². The predicted octanol–water partition coefficient (Wildman–Crippen LogP) is 3.01. The monoisotopic (exact) mass is 223 g/mol. The molecule has 0 saturated heterocycles. The molecule has 0 bridgehead atoms. The van der Waals surface area contributed by atoms with Crippen molar-refractivity contribution >= 4 is 5.78 Å². The van der Waals surface area contributed by atoms with Crippen molar-refractivity contribution in [2.45, 2.75) is 13.8 Å². The zero-order chi connectivity index (χ0) is 11.8. The van der Waals surface area contributed by atoms with Gasteiger partial charge in [-0.2, -0.15) is 0 Å². The average Bonchev–Trinajstić information content (AvgIpc) is 2.74. The van der Waals surface area contributed by atoms with Gasteiger partial charge < -0.3 is 0 Å². The van der Waals surface area contributed by atoms with Gasteiger partial charge in [0.1, 0.15) is 0 Å². The summed E-state index contributed by atoms with van der Waals surface area (Å²) >= 11 is 0. The van der Waals surface area contributed by atoms with Crippen LogP contribution in [0.15, 0.2) is 42.6 Å². The number of hydrogen-bond acceptors (Lipinski definition) is 2. The maximum atomic E-state index is 4.56. The molecule has 0 aliphatic heterocycles. The fourth-order valence-electron chi connectivity index (χ4n) is 2.02. The Morgan fingerprint density at radius 2 is 1.76 bits per heavy atom. The highest BCUT2D eigenvalue weighted by Crippen LogP contribution is 2.19. The first-order valence-electron chi connectivity index (χ1n) is 5.63. The van der Waals surface area contributed by atoms with Crippen molar-refractivity contribution in [3.05, 3.63) is 54.0 Å². The molecule has 0 radical (unpaired) electrons. The lowest BCUT2D eigenvalue weighted by Crippen LogP contribution is -1.94. The van der Waals surface area contributed by atoms with E-state index in [0.717, 1.165) is 28.4 Å². The van der Waals surface area contributed by atoms with E-state index in [2.05, 4.69) is 35.1 Å². The summed E-state index contributed by atoms with van der Waals surface area (Å²) in [6.45, 7) is 4.06. The van der Waals surface area contributed by atoms with E-state index in [0.29, 0.717) is 0 Å². The Balaban J connectivity index is 2.24. The van der Waals surface area contributed by atoms with Crippen LogP contribution in [-0.4, -0.2) is 14.4 Å². The molecular weight excluding hydrogens is 210 g/mol. The van der Waals surface area contributed by atoms with Gasteiger partial charge in [-0.1, -0.05) is 30.3 Å². The Labute approximate surface area is 99.8 Å². The SMILES string of the molecule is Cc1cc(C)n2cc(-c3ccccc3)nc2n1. The summed E-state index contributed by atoms with van der Waals surface area (Å²) in [6, 6.07) is 12.2. The van der Waals surface area contributed by atoms with Gasteiger partial charge in [-0.05, 0) is 19.9 Å². The van der Waals surface area contributed by atoms with Crippen LogP contribution in [-0.2, 0) is 0 Å². The summed E-state index contributed by atoms with van der Waals surface area (Å²) in [4.78, 5) is 8.99. The summed E-state index contributed by atoms with van der Waals surface area (Å²) in [6.07, 6.45) is 2.03. The minimum atomic E-state index is 0.765. The Hall–Kier alpha value is -2.16. The van der Waals surface area contributed by atoms with E-state index in [-0.39, 0.29) is 0 Å². The third kappa shape index (κ3) is 1.69. The van der Waals surface area contributed by atoms with Crippen molar-refractivity contribution in [2.75, 3.05) is 0 Å². The number of imidazole rings is 1. The Morgan fingerprint density at radius 1 is 1.00 bits per heavy atom. The summed E-state index contributed by atoms with van der Waals surface area (Å²) in [7, 11) is 0. The van der Waals surface area contributed by atoms with Gasteiger partial charge in [0.2, 0.25) is 5.78 Å². The van der Waals surface area contributed by atoms with Gasteiger partial charge in [0.25, 0.3) is 0 Å². The normalized spacial score (nSPS) is 10.9. The smallest absolute Gasteiger partial charge is 0.234 e. The standard InChI is InChI=1S/C14H13N3/c1-10-8-11(2)17-9-13(16-14(17)15-10)12-6-4-3-5-7-12/h3-9H,1-2H3. The van der Waals surface area contributed by atoms with E-state index >= 15 is 0 Å². The van der Waals surface area contributed by atoms with Crippen molar-refractivity contribution in [1.29, 1.82) is 0 Å². The quantitative estimate of drug-likeness (QED) is 0.634. The van der Waals surface area contributed by atoms with Crippen molar-refractivity contribution < 1.29 is 0 Å². The lowest BCUT2D eigenvalue weighted by molar-refractivity contribution is 1.01. The van der Waals surface area contributed by atoms with E-state index in [1.165, 1.54) is 0 Å². The molecule has 84 valence electrons. The molecule has 1 aromatic carbocycles. The summed E-state index contributed by atoms with van der Waals surface area (Å²) in [5.41, 5.74) is 4.24. The summed E-state index contributed by atoms with van der Waals surface area (Å²) in [5, 5.41) is 0. The van der Waals surface area contributed by atoms with Crippen molar-refractivity contribution in [2.24, 2.45) is 0 Å². The number of fused-ring (bicyclic) bond motifs is 1.